The highest BCUT2D eigenvalue weighted by Gasteiger charge is 2.20. The maximum atomic E-state index is 12.5. The number of anilines is 1. The molecule has 31 heavy (non-hydrogen) atoms. The largest absolute Gasteiger partial charge is 0.490 e. The second-order valence-corrected chi connectivity index (χ2v) is 7.52. The summed E-state index contributed by atoms with van der Waals surface area (Å²) in [4.78, 5) is 37.0. The van der Waals surface area contributed by atoms with Crippen molar-refractivity contribution in [3.63, 3.8) is 0 Å². The van der Waals surface area contributed by atoms with E-state index < -0.39 is 18.0 Å². The first-order valence-electron chi connectivity index (χ1n) is 10.3. The van der Waals surface area contributed by atoms with Crippen molar-refractivity contribution in [1.29, 1.82) is 0 Å². The fourth-order valence-corrected chi connectivity index (χ4v) is 3.24. The summed E-state index contributed by atoms with van der Waals surface area (Å²) in [5.41, 5.74) is 3.00. The van der Waals surface area contributed by atoms with Crippen LogP contribution in [0.1, 0.15) is 47.7 Å². The van der Waals surface area contributed by atoms with E-state index >= 15 is 0 Å². The van der Waals surface area contributed by atoms with Crippen molar-refractivity contribution < 1.29 is 28.6 Å². The van der Waals surface area contributed by atoms with E-state index in [0.717, 1.165) is 17.5 Å². The van der Waals surface area contributed by atoms with Gasteiger partial charge in [0.05, 0.1) is 19.6 Å². The third-order valence-electron chi connectivity index (χ3n) is 5.03. The number of Topliss-reactive ketones (excluding diaryl/α,β-unsaturated/α-hetero) is 1. The van der Waals surface area contributed by atoms with Crippen LogP contribution in [0.15, 0.2) is 36.4 Å². The standard InChI is InChI=1S/C24H27NO6/c1-15-6-4-7-16(2)23(15)25-24(28)17(3)31-22(27)11-9-19(26)18-8-10-20-21(14-18)30-13-5-12-29-20/h4,6-8,10,14,17H,5,9,11-13H2,1-3H3,(H,25,28)/t17-/m0/s1. The van der Waals surface area contributed by atoms with E-state index in [9.17, 15) is 14.4 Å². The molecule has 0 spiro atoms. The average molecular weight is 425 g/mol. The van der Waals surface area contributed by atoms with Crippen molar-refractivity contribution in [3.8, 4) is 11.5 Å². The lowest BCUT2D eigenvalue weighted by atomic mass is 10.1. The number of esters is 1. The molecule has 7 heteroatoms. The quantitative estimate of drug-likeness (QED) is 0.533. The summed E-state index contributed by atoms with van der Waals surface area (Å²) in [6.45, 7) is 6.39. The van der Waals surface area contributed by atoms with Gasteiger partial charge in [-0.15, -0.1) is 0 Å². The van der Waals surface area contributed by atoms with E-state index in [1.54, 1.807) is 18.2 Å². The van der Waals surface area contributed by atoms with Crippen LogP contribution in [0, 0.1) is 13.8 Å². The zero-order valence-electron chi connectivity index (χ0n) is 18.0. The molecular formula is C24H27NO6. The van der Waals surface area contributed by atoms with Crippen LogP contribution < -0.4 is 14.8 Å². The molecule has 1 heterocycles. The van der Waals surface area contributed by atoms with E-state index in [1.165, 1.54) is 6.92 Å². The molecule has 0 saturated heterocycles. The number of fused-ring (bicyclic) bond motifs is 1. The Hall–Kier alpha value is -3.35. The Morgan fingerprint density at radius 1 is 1.00 bits per heavy atom. The van der Waals surface area contributed by atoms with Crippen LogP contribution in [-0.4, -0.2) is 37.0 Å². The summed E-state index contributed by atoms with van der Waals surface area (Å²) in [6, 6.07) is 10.7. The number of carbonyl (C=O) groups is 3. The number of amides is 1. The molecular weight excluding hydrogens is 398 g/mol. The maximum absolute atomic E-state index is 12.5. The highest BCUT2D eigenvalue weighted by molar-refractivity contribution is 5.99. The van der Waals surface area contributed by atoms with Gasteiger partial charge in [0, 0.05) is 24.1 Å². The number of para-hydroxylation sites is 1. The summed E-state index contributed by atoms with van der Waals surface area (Å²) < 4.78 is 16.4. The molecule has 7 nitrogen and oxygen atoms in total. The first-order valence-corrected chi connectivity index (χ1v) is 10.3. The number of benzene rings is 2. The van der Waals surface area contributed by atoms with E-state index in [1.807, 2.05) is 32.0 Å². The topological polar surface area (TPSA) is 90.9 Å². The summed E-state index contributed by atoms with van der Waals surface area (Å²) in [7, 11) is 0. The van der Waals surface area contributed by atoms with Gasteiger partial charge in [-0.2, -0.15) is 0 Å². The number of nitrogens with one attached hydrogen (secondary N) is 1. The van der Waals surface area contributed by atoms with Crippen molar-refractivity contribution in [2.24, 2.45) is 0 Å². The third-order valence-corrected chi connectivity index (χ3v) is 5.03. The van der Waals surface area contributed by atoms with Gasteiger partial charge in [-0.05, 0) is 50.1 Å². The predicted molar refractivity (Wildman–Crippen MR) is 116 cm³/mol. The molecule has 0 aromatic heterocycles. The number of aryl methyl sites for hydroxylation is 2. The van der Waals surface area contributed by atoms with Crippen LogP contribution in [0.25, 0.3) is 0 Å². The maximum Gasteiger partial charge on any atom is 0.307 e. The van der Waals surface area contributed by atoms with Gasteiger partial charge < -0.3 is 19.5 Å². The molecule has 1 atom stereocenters. The second kappa shape index (κ2) is 10.1. The SMILES string of the molecule is Cc1cccc(C)c1NC(=O)[C@H](C)OC(=O)CCC(=O)c1ccc2c(c1)OCCCO2. The summed E-state index contributed by atoms with van der Waals surface area (Å²) in [5, 5.41) is 2.80. The smallest absolute Gasteiger partial charge is 0.307 e. The Morgan fingerprint density at radius 3 is 2.39 bits per heavy atom. The second-order valence-electron chi connectivity index (χ2n) is 7.52. The Kier molecular flexibility index (Phi) is 7.28. The van der Waals surface area contributed by atoms with Gasteiger partial charge in [-0.25, -0.2) is 0 Å². The summed E-state index contributed by atoms with van der Waals surface area (Å²) in [6.07, 6.45) is -0.337. The normalized spacial score (nSPS) is 13.6. The molecule has 1 aliphatic heterocycles. The zero-order chi connectivity index (χ0) is 22.4. The minimum atomic E-state index is -0.973. The van der Waals surface area contributed by atoms with E-state index in [0.29, 0.717) is 36.0 Å². The van der Waals surface area contributed by atoms with Gasteiger partial charge in [0.15, 0.2) is 23.4 Å². The highest BCUT2D eigenvalue weighted by atomic mass is 16.5. The predicted octanol–water partition coefficient (Wildman–Crippen LogP) is 4.00. The van der Waals surface area contributed by atoms with Crippen molar-refractivity contribution in [2.45, 2.75) is 46.1 Å². The van der Waals surface area contributed by atoms with Crippen LogP contribution in [0.3, 0.4) is 0 Å². The minimum Gasteiger partial charge on any atom is -0.490 e. The minimum absolute atomic E-state index is 0.0241. The van der Waals surface area contributed by atoms with Gasteiger partial charge in [0.2, 0.25) is 0 Å². The van der Waals surface area contributed by atoms with Gasteiger partial charge in [0.25, 0.3) is 5.91 Å². The van der Waals surface area contributed by atoms with Gasteiger partial charge >= 0.3 is 5.97 Å². The van der Waals surface area contributed by atoms with E-state index in [4.69, 9.17) is 14.2 Å². The number of rotatable bonds is 7. The fourth-order valence-electron chi connectivity index (χ4n) is 3.24. The molecule has 1 amide bonds. The molecule has 2 aromatic rings. The lowest BCUT2D eigenvalue weighted by Crippen LogP contribution is -2.30. The Labute approximate surface area is 181 Å². The van der Waals surface area contributed by atoms with Crippen molar-refractivity contribution in [1.82, 2.24) is 0 Å². The third kappa shape index (κ3) is 5.84. The number of hydrogen-bond acceptors (Lipinski definition) is 6. The Morgan fingerprint density at radius 2 is 1.68 bits per heavy atom. The molecule has 0 aliphatic carbocycles. The Bertz CT molecular complexity index is 964. The molecule has 0 fully saturated rings. The van der Waals surface area contributed by atoms with Crippen LogP contribution in [0.4, 0.5) is 5.69 Å². The first kappa shape index (κ1) is 22.3. The van der Waals surface area contributed by atoms with Crippen LogP contribution in [0.5, 0.6) is 11.5 Å². The lowest BCUT2D eigenvalue weighted by Gasteiger charge is -2.16. The molecule has 3 rings (SSSR count). The lowest BCUT2D eigenvalue weighted by molar-refractivity contribution is -0.153. The molecule has 1 aliphatic rings. The monoisotopic (exact) mass is 425 g/mol. The van der Waals surface area contributed by atoms with Crippen molar-refractivity contribution in [2.75, 3.05) is 18.5 Å². The number of ketones is 1. The molecule has 0 unspecified atom stereocenters. The van der Waals surface area contributed by atoms with Crippen molar-refractivity contribution >= 4 is 23.3 Å². The Balaban J connectivity index is 1.51. The summed E-state index contributed by atoms with van der Waals surface area (Å²) in [5.74, 6) is -0.0908. The molecule has 164 valence electrons. The fraction of sp³-hybridized carbons (Fsp3) is 0.375. The number of carbonyl (C=O) groups excluding carboxylic acids is 3. The number of hydrogen-bond donors (Lipinski definition) is 1. The van der Waals surface area contributed by atoms with Gasteiger partial charge in [0.1, 0.15) is 0 Å². The van der Waals surface area contributed by atoms with Crippen LogP contribution in [0.2, 0.25) is 0 Å². The van der Waals surface area contributed by atoms with Crippen molar-refractivity contribution in [3.05, 3.63) is 53.1 Å². The van der Waals surface area contributed by atoms with Gasteiger partial charge in [-0.3, -0.25) is 14.4 Å². The van der Waals surface area contributed by atoms with E-state index in [2.05, 4.69) is 5.32 Å². The molecule has 0 bridgehead atoms. The molecule has 0 radical (unpaired) electrons. The molecule has 1 N–H and O–H groups in total. The number of ether oxygens (including phenoxy) is 3. The van der Waals surface area contributed by atoms with Crippen LogP contribution in [-0.2, 0) is 14.3 Å². The van der Waals surface area contributed by atoms with E-state index in [-0.39, 0.29) is 18.6 Å². The van der Waals surface area contributed by atoms with Gasteiger partial charge in [-0.1, -0.05) is 18.2 Å². The summed E-state index contributed by atoms with van der Waals surface area (Å²) >= 11 is 0. The zero-order valence-corrected chi connectivity index (χ0v) is 18.0. The highest BCUT2D eigenvalue weighted by Crippen LogP contribution is 2.31. The average Bonchev–Trinajstić information content (AvgIpc) is 2.99. The first-order chi connectivity index (χ1) is 14.8. The molecule has 2 aromatic carbocycles. The van der Waals surface area contributed by atoms with Crippen LogP contribution >= 0.6 is 0 Å². The molecule has 0 saturated carbocycles.